The molecule has 1 aliphatic heterocycles. The zero-order valence-electron chi connectivity index (χ0n) is 10.8. The Labute approximate surface area is 109 Å². The van der Waals surface area contributed by atoms with Crippen molar-refractivity contribution in [1.82, 2.24) is 4.90 Å². The van der Waals surface area contributed by atoms with E-state index in [0.29, 0.717) is 17.6 Å². The average Bonchev–Trinajstić information content (AvgIpc) is 2.71. The lowest BCUT2D eigenvalue weighted by atomic mass is 9.91. The number of likely N-dealkylation sites (tertiary alicyclic amines) is 1. The number of benzene rings is 1. The predicted molar refractivity (Wildman–Crippen MR) is 72.2 cm³/mol. The normalized spacial score (nSPS) is 29.0. The van der Waals surface area contributed by atoms with Crippen molar-refractivity contribution in [2.75, 3.05) is 13.1 Å². The van der Waals surface area contributed by atoms with Crippen LogP contribution in [0.3, 0.4) is 0 Å². The zero-order chi connectivity index (χ0) is 12.4. The van der Waals surface area contributed by atoms with E-state index in [4.69, 9.17) is 0 Å². The molecule has 2 fully saturated rings. The van der Waals surface area contributed by atoms with E-state index in [2.05, 4.69) is 35.2 Å². The van der Waals surface area contributed by atoms with Crippen molar-refractivity contribution >= 4 is 5.78 Å². The number of rotatable bonds is 2. The van der Waals surface area contributed by atoms with Crippen molar-refractivity contribution in [1.29, 1.82) is 0 Å². The van der Waals surface area contributed by atoms with E-state index >= 15 is 0 Å². The van der Waals surface area contributed by atoms with Gasteiger partial charge in [0.15, 0.2) is 0 Å². The third-order valence-corrected chi connectivity index (χ3v) is 4.43. The van der Waals surface area contributed by atoms with Crippen LogP contribution in [0.5, 0.6) is 0 Å². The average molecular weight is 243 g/mol. The van der Waals surface area contributed by atoms with Crippen LogP contribution in [0.4, 0.5) is 0 Å². The van der Waals surface area contributed by atoms with Gasteiger partial charge in [0.25, 0.3) is 0 Å². The maximum atomic E-state index is 12.1. The minimum atomic E-state index is 0.330. The Kier molecular flexibility index (Phi) is 3.46. The van der Waals surface area contributed by atoms with Gasteiger partial charge in [-0.15, -0.1) is 0 Å². The highest BCUT2D eigenvalue weighted by molar-refractivity contribution is 5.82. The van der Waals surface area contributed by atoms with E-state index in [1.54, 1.807) is 0 Å². The highest BCUT2D eigenvalue weighted by atomic mass is 16.1. The molecule has 0 unspecified atom stereocenters. The van der Waals surface area contributed by atoms with E-state index < -0.39 is 0 Å². The highest BCUT2D eigenvalue weighted by Crippen LogP contribution is 2.33. The fraction of sp³-hybridized carbons (Fsp3) is 0.562. The summed E-state index contributed by atoms with van der Waals surface area (Å²) in [6.45, 7) is 3.10. The van der Waals surface area contributed by atoms with Crippen molar-refractivity contribution < 1.29 is 4.79 Å². The maximum absolute atomic E-state index is 12.1. The minimum absolute atomic E-state index is 0.330. The van der Waals surface area contributed by atoms with Crippen LogP contribution >= 0.6 is 0 Å². The number of ketones is 1. The van der Waals surface area contributed by atoms with E-state index in [-0.39, 0.29) is 0 Å². The number of hydrogen-bond donors (Lipinski definition) is 0. The lowest BCUT2D eigenvalue weighted by Crippen LogP contribution is -2.23. The van der Waals surface area contributed by atoms with E-state index in [1.807, 2.05) is 0 Å². The van der Waals surface area contributed by atoms with Gasteiger partial charge in [0.2, 0.25) is 0 Å². The first-order chi connectivity index (χ1) is 8.83. The Balaban J connectivity index is 1.66. The molecule has 18 heavy (non-hydrogen) atoms. The van der Waals surface area contributed by atoms with Crippen LogP contribution < -0.4 is 0 Å². The van der Waals surface area contributed by atoms with Crippen LogP contribution in [0.1, 0.15) is 31.2 Å². The molecule has 1 aliphatic carbocycles. The quantitative estimate of drug-likeness (QED) is 0.796. The number of Topliss-reactive ketones (excluding diaryl/α,β-unsaturated/α-hetero) is 1. The van der Waals surface area contributed by atoms with Gasteiger partial charge in [-0.1, -0.05) is 36.8 Å². The fourth-order valence-corrected chi connectivity index (χ4v) is 3.48. The van der Waals surface area contributed by atoms with Crippen molar-refractivity contribution in [3.05, 3.63) is 35.9 Å². The van der Waals surface area contributed by atoms with Crippen LogP contribution in [-0.4, -0.2) is 23.8 Å². The third kappa shape index (κ3) is 2.49. The standard InChI is InChI=1S/C16H21NO/c18-16-9-5-4-8-14-11-17(12-15(14)16)10-13-6-2-1-3-7-13/h1-3,6-7,14-15H,4-5,8-12H2/t14-,15+/m0/s1. The van der Waals surface area contributed by atoms with Gasteiger partial charge >= 0.3 is 0 Å². The summed E-state index contributed by atoms with van der Waals surface area (Å²) in [6.07, 6.45) is 4.43. The molecule has 1 aromatic rings. The molecule has 2 atom stereocenters. The molecule has 0 aromatic heterocycles. The zero-order valence-corrected chi connectivity index (χ0v) is 10.8. The molecule has 1 aromatic carbocycles. The van der Waals surface area contributed by atoms with E-state index in [1.165, 1.54) is 18.4 Å². The Hall–Kier alpha value is -1.15. The second kappa shape index (κ2) is 5.23. The molecule has 96 valence electrons. The molecule has 1 heterocycles. The first-order valence-electron chi connectivity index (χ1n) is 7.12. The molecule has 2 nitrogen and oxygen atoms in total. The molecular formula is C16H21NO. The van der Waals surface area contributed by atoms with Crippen LogP contribution in [0.25, 0.3) is 0 Å². The molecule has 0 amide bonds. The van der Waals surface area contributed by atoms with E-state index in [9.17, 15) is 4.79 Å². The molecule has 2 heteroatoms. The summed E-state index contributed by atoms with van der Waals surface area (Å²) >= 11 is 0. The molecule has 2 aliphatic rings. The van der Waals surface area contributed by atoms with Crippen LogP contribution in [0.2, 0.25) is 0 Å². The molecule has 0 N–H and O–H groups in total. The predicted octanol–water partition coefficient (Wildman–Crippen LogP) is 2.88. The lowest BCUT2D eigenvalue weighted by Gasteiger charge is -2.16. The summed E-state index contributed by atoms with van der Waals surface area (Å²) in [5.41, 5.74) is 1.36. The maximum Gasteiger partial charge on any atom is 0.137 e. The number of fused-ring (bicyclic) bond motifs is 1. The van der Waals surface area contributed by atoms with Crippen molar-refractivity contribution in [3.8, 4) is 0 Å². The molecule has 3 rings (SSSR count). The third-order valence-electron chi connectivity index (χ3n) is 4.43. The number of carbonyl (C=O) groups is 1. The summed E-state index contributed by atoms with van der Waals surface area (Å²) in [4.78, 5) is 14.5. The summed E-state index contributed by atoms with van der Waals surface area (Å²) < 4.78 is 0. The minimum Gasteiger partial charge on any atom is -0.299 e. The van der Waals surface area contributed by atoms with Gasteiger partial charge in [-0.2, -0.15) is 0 Å². The number of nitrogens with zero attached hydrogens (tertiary/aromatic N) is 1. The Bertz CT molecular complexity index is 414. The summed E-state index contributed by atoms with van der Waals surface area (Å²) in [5, 5.41) is 0. The van der Waals surface area contributed by atoms with Gasteiger partial charge in [0, 0.05) is 32.0 Å². The number of hydrogen-bond acceptors (Lipinski definition) is 2. The monoisotopic (exact) mass is 243 g/mol. The largest absolute Gasteiger partial charge is 0.299 e. The molecule has 0 bridgehead atoms. The summed E-state index contributed by atoms with van der Waals surface area (Å²) in [6, 6.07) is 10.6. The van der Waals surface area contributed by atoms with Crippen LogP contribution in [0.15, 0.2) is 30.3 Å². The van der Waals surface area contributed by atoms with Gasteiger partial charge in [-0.05, 0) is 24.3 Å². The Morgan fingerprint density at radius 1 is 1.11 bits per heavy atom. The second-order valence-electron chi connectivity index (χ2n) is 5.76. The molecule has 1 saturated carbocycles. The summed E-state index contributed by atoms with van der Waals surface area (Å²) in [7, 11) is 0. The Morgan fingerprint density at radius 3 is 2.78 bits per heavy atom. The van der Waals surface area contributed by atoms with Gasteiger partial charge in [0.05, 0.1) is 0 Å². The smallest absolute Gasteiger partial charge is 0.137 e. The van der Waals surface area contributed by atoms with Crippen LogP contribution in [-0.2, 0) is 11.3 Å². The van der Waals surface area contributed by atoms with Gasteiger partial charge in [-0.3, -0.25) is 9.69 Å². The van der Waals surface area contributed by atoms with Crippen molar-refractivity contribution in [2.24, 2.45) is 11.8 Å². The van der Waals surface area contributed by atoms with E-state index in [0.717, 1.165) is 32.5 Å². The van der Waals surface area contributed by atoms with Gasteiger partial charge in [-0.25, -0.2) is 0 Å². The van der Waals surface area contributed by atoms with Crippen LogP contribution in [0, 0.1) is 11.8 Å². The first-order valence-corrected chi connectivity index (χ1v) is 7.12. The molecular weight excluding hydrogens is 222 g/mol. The molecule has 0 radical (unpaired) electrons. The first kappa shape index (κ1) is 11.9. The lowest BCUT2D eigenvalue weighted by molar-refractivity contribution is -0.123. The fourth-order valence-electron chi connectivity index (χ4n) is 3.48. The summed E-state index contributed by atoms with van der Waals surface area (Å²) in [5.74, 6) is 1.48. The topological polar surface area (TPSA) is 20.3 Å². The molecule has 1 saturated heterocycles. The number of carbonyl (C=O) groups excluding carboxylic acids is 1. The highest BCUT2D eigenvalue weighted by Gasteiger charge is 2.37. The van der Waals surface area contributed by atoms with Crippen molar-refractivity contribution in [2.45, 2.75) is 32.2 Å². The van der Waals surface area contributed by atoms with Crippen molar-refractivity contribution in [3.63, 3.8) is 0 Å². The van der Waals surface area contributed by atoms with Gasteiger partial charge in [0.1, 0.15) is 5.78 Å². The van der Waals surface area contributed by atoms with Gasteiger partial charge < -0.3 is 0 Å². The second-order valence-corrected chi connectivity index (χ2v) is 5.76. The molecule has 0 spiro atoms. The SMILES string of the molecule is O=C1CCCC[C@H]2CN(Cc3ccccc3)C[C@@H]12. The Morgan fingerprint density at radius 2 is 1.94 bits per heavy atom.